The number of hydrogen-bond donors (Lipinski definition) is 1. The Kier molecular flexibility index (Phi) is 4.46. The molecule has 2 N–H and O–H groups in total. The van der Waals surface area contributed by atoms with E-state index in [-0.39, 0.29) is 17.6 Å². The van der Waals surface area contributed by atoms with E-state index in [1.807, 2.05) is 19.9 Å². The molecule has 0 atom stereocenters. The molecule has 0 bridgehead atoms. The highest BCUT2D eigenvalue weighted by molar-refractivity contribution is 5.97. The molecule has 5 nitrogen and oxygen atoms in total. The molecule has 5 heteroatoms. The lowest BCUT2D eigenvalue weighted by Gasteiger charge is -2.25. The second-order valence-corrected chi connectivity index (χ2v) is 3.94. The number of carbonyl (C=O) groups is 1. The van der Waals surface area contributed by atoms with Gasteiger partial charge >= 0.3 is 0 Å². The van der Waals surface area contributed by atoms with Gasteiger partial charge in [-0.25, -0.2) is 4.98 Å². The van der Waals surface area contributed by atoms with E-state index in [4.69, 9.17) is 11.0 Å². The normalized spacial score (nSPS) is 10.0. The molecular weight excluding hydrogens is 216 g/mol. The topological polar surface area (TPSA) is 83.0 Å². The second kappa shape index (κ2) is 5.85. The summed E-state index contributed by atoms with van der Waals surface area (Å²) in [5.41, 5.74) is 6.32. The van der Waals surface area contributed by atoms with Crippen LogP contribution in [0.15, 0.2) is 18.3 Å². The quantitative estimate of drug-likeness (QED) is 0.851. The number of nitrogens with two attached hydrogens (primary N) is 1. The number of amides is 1. The van der Waals surface area contributed by atoms with Gasteiger partial charge in [-0.05, 0) is 26.0 Å². The molecule has 1 aromatic rings. The molecule has 0 saturated heterocycles. The number of aromatic nitrogens is 1. The molecule has 0 saturated carbocycles. The summed E-state index contributed by atoms with van der Waals surface area (Å²) < 4.78 is 0. The first kappa shape index (κ1) is 13.0. The Hall–Kier alpha value is -2.09. The highest BCUT2D eigenvalue weighted by Gasteiger charge is 2.21. The fourth-order valence-corrected chi connectivity index (χ4v) is 1.50. The van der Waals surface area contributed by atoms with Crippen LogP contribution in [0.2, 0.25) is 0 Å². The van der Waals surface area contributed by atoms with Gasteiger partial charge in [0.2, 0.25) is 0 Å². The van der Waals surface area contributed by atoms with Crippen LogP contribution in [0.1, 0.15) is 30.8 Å². The van der Waals surface area contributed by atoms with E-state index in [0.717, 1.165) is 0 Å². The molecule has 0 aliphatic rings. The van der Waals surface area contributed by atoms with E-state index in [0.29, 0.717) is 18.7 Å². The molecule has 0 aliphatic carbocycles. The molecule has 90 valence electrons. The minimum Gasteiger partial charge on any atom is -0.397 e. The molecule has 0 radical (unpaired) electrons. The number of nitrogens with zero attached hydrogens (tertiary/aromatic N) is 3. The lowest BCUT2D eigenvalue weighted by Crippen LogP contribution is -2.38. The van der Waals surface area contributed by atoms with Gasteiger partial charge in [-0.3, -0.25) is 4.79 Å². The second-order valence-electron chi connectivity index (χ2n) is 3.94. The van der Waals surface area contributed by atoms with Crippen molar-refractivity contribution in [2.75, 3.05) is 12.3 Å². The van der Waals surface area contributed by atoms with Crippen LogP contribution < -0.4 is 5.73 Å². The van der Waals surface area contributed by atoms with Crippen LogP contribution in [0, 0.1) is 11.3 Å². The maximum atomic E-state index is 12.2. The Morgan fingerprint density at radius 3 is 2.88 bits per heavy atom. The van der Waals surface area contributed by atoms with E-state index in [9.17, 15) is 4.79 Å². The van der Waals surface area contributed by atoms with Gasteiger partial charge in [0.15, 0.2) is 5.69 Å². The maximum absolute atomic E-state index is 12.2. The lowest BCUT2D eigenvalue weighted by atomic mass is 10.2. The Bertz CT molecular complexity index is 436. The number of pyridine rings is 1. The predicted octanol–water partition coefficient (Wildman–Crippen LogP) is 1.43. The molecule has 0 aliphatic heterocycles. The molecule has 1 amide bonds. The molecule has 1 heterocycles. The predicted molar refractivity (Wildman–Crippen MR) is 65.1 cm³/mol. The van der Waals surface area contributed by atoms with E-state index < -0.39 is 0 Å². The van der Waals surface area contributed by atoms with Crippen LogP contribution in [0.5, 0.6) is 0 Å². The first-order valence-electron chi connectivity index (χ1n) is 5.46. The fraction of sp³-hybridized carbons (Fsp3) is 0.417. The summed E-state index contributed by atoms with van der Waals surface area (Å²) in [6.07, 6.45) is 1.84. The third-order valence-electron chi connectivity index (χ3n) is 2.39. The van der Waals surface area contributed by atoms with Crippen molar-refractivity contribution in [1.29, 1.82) is 5.26 Å². The average molecular weight is 232 g/mol. The third kappa shape index (κ3) is 3.18. The summed E-state index contributed by atoms with van der Waals surface area (Å²) in [4.78, 5) is 17.8. The van der Waals surface area contributed by atoms with Crippen LogP contribution in [-0.4, -0.2) is 28.4 Å². The first-order chi connectivity index (χ1) is 8.07. The van der Waals surface area contributed by atoms with Gasteiger partial charge in [-0.1, -0.05) is 0 Å². The molecule has 17 heavy (non-hydrogen) atoms. The molecule has 0 unspecified atom stereocenters. The van der Waals surface area contributed by atoms with Crippen molar-refractivity contribution in [1.82, 2.24) is 9.88 Å². The number of nitrogen functional groups attached to an aromatic ring is 1. The van der Waals surface area contributed by atoms with Crippen molar-refractivity contribution in [2.24, 2.45) is 0 Å². The van der Waals surface area contributed by atoms with Gasteiger partial charge in [0, 0.05) is 18.8 Å². The molecule has 0 spiro atoms. The standard InChI is InChI=1S/C12H16N4O/c1-9(2)16(8-4-6-13)12(17)11-10(14)5-3-7-15-11/h3,5,7,9H,4,8,14H2,1-2H3. The van der Waals surface area contributed by atoms with Crippen molar-refractivity contribution < 1.29 is 4.79 Å². The zero-order chi connectivity index (χ0) is 12.8. The zero-order valence-electron chi connectivity index (χ0n) is 10.1. The van der Waals surface area contributed by atoms with Gasteiger partial charge in [-0.15, -0.1) is 0 Å². The molecule has 0 aromatic carbocycles. The van der Waals surface area contributed by atoms with Crippen LogP contribution >= 0.6 is 0 Å². The van der Waals surface area contributed by atoms with E-state index in [1.165, 1.54) is 6.20 Å². The molecule has 1 aromatic heterocycles. The van der Waals surface area contributed by atoms with Crippen molar-refractivity contribution in [3.63, 3.8) is 0 Å². The Balaban J connectivity index is 2.93. The highest BCUT2D eigenvalue weighted by Crippen LogP contribution is 2.12. The van der Waals surface area contributed by atoms with Crippen molar-refractivity contribution in [3.05, 3.63) is 24.0 Å². The van der Waals surface area contributed by atoms with Crippen molar-refractivity contribution >= 4 is 11.6 Å². The van der Waals surface area contributed by atoms with Crippen LogP contribution in [0.25, 0.3) is 0 Å². The number of carbonyl (C=O) groups excluding carboxylic acids is 1. The van der Waals surface area contributed by atoms with Crippen LogP contribution in [-0.2, 0) is 0 Å². The number of hydrogen-bond acceptors (Lipinski definition) is 4. The highest BCUT2D eigenvalue weighted by atomic mass is 16.2. The van der Waals surface area contributed by atoms with Gasteiger partial charge in [-0.2, -0.15) is 5.26 Å². The lowest BCUT2D eigenvalue weighted by molar-refractivity contribution is 0.0705. The number of nitriles is 1. The zero-order valence-corrected chi connectivity index (χ0v) is 10.1. The SMILES string of the molecule is CC(C)N(CCC#N)C(=O)c1ncccc1N. The van der Waals surface area contributed by atoms with E-state index in [1.54, 1.807) is 17.0 Å². The Labute approximate surface area is 101 Å². The average Bonchev–Trinajstić information content (AvgIpc) is 2.29. The Morgan fingerprint density at radius 2 is 2.35 bits per heavy atom. The number of rotatable bonds is 4. The minimum atomic E-state index is -0.228. The Morgan fingerprint density at radius 1 is 1.65 bits per heavy atom. The minimum absolute atomic E-state index is 0.0113. The summed E-state index contributed by atoms with van der Waals surface area (Å²) in [5.74, 6) is -0.228. The maximum Gasteiger partial charge on any atom is 0.274 e. The van der Waals surface area contributed by atoms with Crippen LogP contribution in [0.3, 0.4) is 0 Å². The number of anilines is 1. The van der Waals surface area contributed by atoms with Crippen molar-refractivity contribution in [3.8, 4) is 6.07 Å². The summed E-state index contributed by atoms with van der Waals surface area (Å²) in [6.45, 7) is 4.19. The largest absolute Gasteiger partial charge is 0.397 e. The monoisotopic (exact) mass is 232 g/mol. The van der Waals surface area contributed by atoms with E-state index >= 15 is 0 Å². The van der Waals surface area contributed by atoms with Crippen LogP contribution in [0.4, 0.5) is 5.69 Å². The fourth-order valence-electron chi connectivity index (χ4n) is 1.50. The third-order valence-corrected chi connectivity index (χ3v) is 2.39. The smallest absolute Gasteiger partial charge is 0.274 e. The van der Waals surface area contributed by atoms with E-state index in [2.05, 4.69) is 4.98 Å². The molecular formula is C12H16N4O. The summed E-state index contributed by atoms with van der Waals surface area (Å²) in [7, 11) is 0. The van der Waals surface area contributed by atoms with Gasteiger partial charge < -0.3 is 10.6 Å². The van der Waals surface area contributed by atoms with Gasteiger partial charge in [0.1, 0.15) is 0 Å². The summed E-state index contributed by atoms with van der Waals surface area (Å²) in [5, 5.41) is 8.58. The summed E-state index contributed by atoms with van der Waals surface area (Å²) >= 11 is 0. The molecule has 0 fully saturated rings. The van der Waals surface area contributed by atoms with Gasteiger partial charge in [0.05, 0.1) is 18.2 Å². The molecule has 1 rings (SSSR count). The first-order valence-corrected chi connectivity index (χ1v) is 5.46. The van der Waals surface area contributed by atoms with Crippen molar-refractivity contribution in [2.45, 2.75) is 26.3 Å². The summed E-state index contributed by atoms with van der Waals surface area (Å²) in [6, 6.07) is 5.36. The van der Waals surface area contributed by atoms with Gasteiger partial charge in [0.25, 0.3) is 5.91 Å².